The molecule has 158 valence electrons. The van der Waals surface area contributed by atoms with E-state index in [1.165, 1.54) is 0 Å². The maximum absolute atomic E-state index is 12.2. The fraction of sp³-hybridized carbons (Fsp3) is 0.435. The molecule has 7 heteroatoms. The number of rotatable bonds is 11. The van der Waals surface area contributed by atoms with Gasteiger partial charge in [0.15, 0.2) is 5.82 Å². The second-order valence-electron chi connectivity index (χ2n) is 7.88. The third-order valence-electron chi connectivity index (χ3n) is 5.12. The van der Waals surface area contributed by atoms with E-state index in [0.29, 0.717) is 37.1 Å². The number of hydrogen-bond acceptors (Lipinski definition) is 6. The Hall–Kier alpha value is -2.93. The Kier molecular flexibility index (Phi) is 6.59. The fourth-order valence-corrected chi connectivity index (χ4v) is 3.29. The van der Waals surface area contributed by atoms with Crippen LogP contribution in [-0.4, -0.2) is 27.0 Å². The number of nitrogens with zero attached hydrogens (tertiary/aromatic N) is 3. The maximum Gasteiger partial charge on any atom is 0.251 e. The van der Waals surface area contributed by atoms with E-state index in [4.69, 9.17) is 8.94 Å². The van der Waals surface area contributed by atoms with Crippen molar-refractivity contribution >= 4 is 5.91 Å². The molecule has 0 saturated heterocycles. The Morgan fingerprint density at radius 3 is 2.70 bits per heavy atom. The van der Waals surface area contributed by atoms with Crippen molar-refractivity contribution in [3.63, 3.8) is 0 Å². The Balaban J connectivity index is 1.41. The summed E-state index contributed by atoms with van der Waals surface area (Å²) >= 11 is 0. The van der Waals surface area contributed by atoms with Crippen LogP contribution in [0.3, 0.4) is 0 Å². The molecule has 2 aromatic heterocycles. The molecule has 1 aliphatic rings. The molecular formula is C23H28N4O3. The van der Waals surface area contributed by atoms with E-state index in [2.05, 4.69) is 27.3 Å². The molecule has 1 saturated carbocycles. The standard InChI is InChI=1S/C23H28N4O3/c1-2-3-6-21-25-22(30-26-21)16-27(15-20-5-4-13-29-20)14-17-7-9-18(10-8-17)23(28)24-19-11-12-19/h4-5,7-10,13,19H,2-3,6,11-12,14-16H2,1H3,(H,24,28). The summed E-state index contributed by atoms with van der Waals surface area (Å²) in [6.45, 7) is 3.98. The lowest BCUT2D eigenvalue weighted by molar-refractivity contribution is 0.0951. The molecule has 1 aromatic carbocycles. The quantitative estimate of drug-likeness (QED) is 0.514. The number of unbranched alkanes of at least 4 members (excludes halogenated alkanes) is 1. The van der Waals surface area contributed by atoms with Crippen molar-refractivity contribution in [1.29, 1.82) is 0 Å². The van der Waals surface area contributed by atoms with Crippen LogP contribution in [0.15, 0.2) is 51.6 Å². The van der Waals surface area contributed by atoms with Gasteiger partial charge in [-0.15, -0.1) is 0 Å². The van der Waals surface area contributed by atoms with E-state index in [1.807, 2.05) is 36.4 Å². The zero-order chi connectivity index (χ0) is 20.8. The molecule has 1 aliphatic carbocycles. The van der Waals surface area contributed by atoms with Gasteiger partial charge in [0.25, 0.3) is 5.91 Å². The van der Waals surface area contributed by atoms with Gasteiger partial charge in [-0.25, -0.2) is 0 Å². The van der Waals surface area contributed by atoms with E-state index in [1.54, 1.807) is 6.26 Å². The number of furan rings is 1. The predicted molar refractivity (Wildman–Crippen MR) is 111 cm³/mol. The first-order valence-corrected chi connectivity index (χ1v) is 10.7. The van der Waals surface area contributed by atoms with Gasteiger partial charge < -0.3 is 14.3 Å². The summed E-state index contributed by atoms with van der Waals surface area (Å²) in [7, 11) is 0. The van der Waals surface area contributed by atoms with Gasteiger partial charge in [-0.05, 0) is 49.1 Å². The van der Waals surface area contributed by atoms with E-state index >= 15 is 0 Å². The molecule has 1 amide bonds. The maximum atomic E-state index is 12.2. The number of aryl methyl sites for hydroxylation is 1. The molecule has 0 atom stereocenters. The van der Waals surface area contributed by atoms with Crippen LogP contribution in [0.5, 0.6) is 0 Å². The lowest BCUT2D eigenvalue weighted by atomic mass is 10.1. The average molecular weight is 409 g/mol. The first-order valence-electron chi connectivity index (χ1n) is 10.7. The highest BCUT2D eigenvalue weighted by atomic mass is 16.5. The second-order valence-corrected chi connectivity index (χ2v) is 7.88. The Morgan fingerprint density at radius 2 is 2.00 bits per heavy atom. The highest BCUT2D eigenvalue weighted by Crippen LogP contribution is 2.20. The van der Waals surface area contributed by atoms with Crippen LogP contribution in [0.2, 0.25) is 0 Å². The number of aromatic nitrogens is 2. The Bertz CT molecular complexity index is 930. The summed E-state index contributed by atoms with van der Waals surface area (Å²) in [4.78, 5) is 18.9. The minimum atomic E-state index is 0.00182. The van der Waals surface area contributed by atoms with Crippen molar-refractivity contribution < 1.29 is 13.7 Å². The number of carbonyl (C=O) groups is 1. The predicted octanol–water partition coefficient (Wildman–Crippen LogP) is 4.10. The van der Waals surface area contributed by atoms with Crippen LogP contribution in [0, 0.1) is 0 Å². The molecule has 1 N–H and O–H groups in total. The van der Waals surface area contributed by atoms with Gasteiger partial charge >= 0.3 is 0 Å². The zero-order valence-electron chi connectivity index (χ0n) is 17.3. The highest BCUT2D eigenvalue weighted by molar-refractivity contribution is 5.94. The summed E-state index contributed by atoms with van der Waals surface area (Å²) in [6.07, 6.45) is 6.83. The minimum Gasteiger partial charge on any atom is -0.468 e. The van der Waals surface area contributed by atoms with Crippen molar-refractivity contribution in [3.8, 4) is 0 Å². The molecule has 30 heavy (non-hydrogen) atoms. The van der Waals surface area contributed by atoms with Crippen molar-refractivity contribution in [2.45, 2.75) is 64.7 Å². The number of amides is 1. The average Bonchev–Trinajstić information content (AvgIpc) is 3.22. The van der Waals surface area contributed by atoms with Gasteiger partial charge in [0.1, 0.15) is 5.76 Å². The first-order chi connectivity index (χ1) is 14.7. The van der Waals surface area contributed by atoms with Gasteiger partial charge in [0.05, 0.1) is 19.4 Å². The lowest BCUT2D eigenvalue weighted by Gasteiger charge is -2.19. The van der Waals surface area contributed by atoms with Gasteiger partial charge in [0.2, 0.25) is 5.89 Å². The fourth-order valence-electron chi connectivity index (χ4n) is 3.29. The van der Waals surface area contributed by atoms with Gasteiger partial charge in [-0.1, -0.05) is 30.6 Å². The number of carbonyl (C=O) groups excluding carboxylic acids is 1. The van der Waals surface area contributed by atoms with Crippen LogP contribution in [0.25, 0.3) is 0 Å². The van der Waals surface area contributed by atoms with Crippen LogP contribution in [-0.2, 0) is 26.1 Å². The van der Waals surface area contributed by atoms with Crippen molar-refractivity contribution in [2.24, 2.45) is 0 Å². The summed E-state index contributed by atoms with van der Waals surface area (Å²) in [6, 6.07) is 12.0. The monoisotopic (exact) mass is 408 g/mol. The Morgan fingerprint density at radius 1 is 1.17 bits per heavy atom. The zero-order valence-corrected chi connectivity index (χ0v) is 17.3. The largest absolute Gasteiger partial charge is 0.468 e. The van der Waals surface area contributed by atoms with Crippen molar-refractivity contribution in [2.75, 3.05) is 0 Å². The third-order valence-corrected chi connectivity index (χ3v) is 5.12. The molecule has 7 nitrogen and oxygen atoms in total. The molecule has 0 aliphatic heterocycles. The van der Waals surface area contributed by atoms with E-state index in [0.717, 1.165) is 49.3 Å². The Labute approximate surface area is 176 Å². The molecule has 0 bridgehead atoms. The first kappa shape index (κ1) is 20.3. The van der Waals surface area contributed by atoms with Gasteiger partial charge in [-0.2, -0.15) is 4.98 Å². The van der Waals surface area contributed by atoms with E-state index < -0.39 is 0 Å². The third kappa shape index (κ3) is 5.79. The number of benzene rings is 1. The smallest absolute Gasteiger partial charge is 0.251 e. The van der Waals surface area contributed by atoms with Crippen LogP contribution in [0.4, 0.5) is 0 Å². The van der Waals surface area contributed by atoms with Gasteiger partial charge in [-0.3, -0.25) is 9.69 Å². The molecular weight excluding hydrogens is 380 g/mol. The number of nitrogens with one attached hydrogen (secondary N) is 1. The summed E-state index contributed by atoms with van der Waals surface area (Å²) < 4.78 is 11.0. The summed E-state index contributed by atoms with van der Waals surface area (Å²) in [5, 5.41) is 7.11. The van der Waals surface area contributed by atoms with Crippen LogP contribution >= 0.6 is 0 Å². The molecule has 2 heterocycles. The van der Waals surface area contributed by atoms with Crippen molar-refractivity contribution in [3.05, 3.63) is 71.3 Å². The molecule has 0 unspecified atom stereocenters. The SMILES string of the molecule is CCCCc1noc(CN(Cc2ccc(C(=O)NC3CC3)cc2)Cc2ccco2)n1. The second kappa shape index (κ2) is 9.71. The molecule has 4 rings (SSSR count). The molecule has 0 spiro atoms. The lowest BCUT2D eigenvalue weighted by Crippen LogP contribution is -2.25. The topological polar surface area (TPSA) is 84.4 Å². The van der Waals surface area contributed by atoms with E-state index in [9.17, 15) is 4.79 Å². The number of hydrogen-bond donors (Lipinski definition) is 1. The van der Waals surface area contributed by atoms with Gasteiger partial charge in [0, 0.05) is 24.6 Å². The van der Waals surface area contributed by atoms with Crippen molar-refractivity contribution in [1.82, 2.24) is 20.4 Å². The van der Waals surface area contributed by atoms with Crippen LogP contribution in [0.1, 0.15) is 66.0 Å². The normalized spacial score (nSPS) is 13.7. The molecule has 3 aromatic rings. The molecule has 1 fully saturated rings. The minimum absolute atomic E-state index is 0.00182. The van der Waals surface area contributed by atoms with Crippen LogP contribution < -0.4 is 5.32 Å². The van der Waals surface area contributed by atoms with E-state index in [-0.39, 0.29) is 5.91 Å². The summed E-state index contributed by atoms with van der Waals surface area (Å²) in [5.74, 6) is 2.24. The highest BCUT2D eigenvalue weighted by Gasteiger charge is 2.23. The summed E-state index contributed by atoms with van der Waals surface area (Å²) in [5.41, 5.74) is 1.80. The molecule has 0 radical (unpaired) electrons.